The number of pyridine rings is 1. The molecule has 0 amide bonds. The summed E-state index contributed by atoms with van der Waals surface area (Å²) in [6, 6.07) is 17.7. The van der Waals surface area contributed by atoms with Crippen LogP contribution >= 0.6 is 28.3 Å². The number of aromatic nitrogens is 1. The van der Waals surface area contributed by atoms with E-state index < -0.39 is 0 Å². The average Bonchev–Trinajstić information content (AvgIpc) is 3.23. The molecule has 0 fully saturated rings. The van der Waals surface area contributed by atoms with Crippen LogP contribution in [0, 0.1) is 11.3 Å². The van der Waals surface area contributed by atoms with E-state index in [1.54, 1.807) is 0 Å². The van der Waals surface area contributed by atoms with E-state index in [-0.39, 0.29) is 27.9 Å². The number of halogens is 1. The third-order valence-electron chi connectivity index (χ3n) is 5.27. The molecule has 1 unspecified atom stereocenters. The van der Waals surface area contributed by atoms with Crippen LogP contribution in [-0.4, -0.2) is 10.5 Å². The Labute approximate surface area is 174 Å². The van der Waals surface area contributed by atoms with Crippen LogP contribution in [-0.2, 0) is 11.8 Å². The number of hydrogen-bond acceptors (Lipinski definition) is 3. The molecule has 5 heteroatoms. The second-order valence-electron chi connectivity index (χ2n) is 6.69. The van der Waals surface area contributed by atoms with E-state index in [2.05, 4.69) is 58.9 Å². The van der Waals surface area contributed by atoms with Crippen LogP contribution in [0.15, 0.2) is 60.2 Å². The van der Waals surface area contributed by atoms with Crippen molar-refractivity contribution in [1.29, 1.82) is 5.26 Å². The summed E-state index contributed by atoms with van der Waals surface area (Å²) in [6.07, 6.45) is 8.52. The Hall–Kier alpha value is -2.00. The first-order chi connectivity index (χ1) is 12.3. The van der Waals surface area contributed by atoms with Crippen LogP contribution in [0.4, 0.5) is 0 Å². The zero-order chi connectivity index (χ0) is 17.1. The summed E-state index contributed by atoms with van der Waals surface area (Å²) >= 11 is 1.85. The van der Waals surface area contributed by atoms with Crippen molar-refractivity contribution in [3.63, 3.8) is 0 Å². The Bertz CT molecular complexity index is 919. The van der Waals surface area contributed by atoms with Gasteiger partial charge in [-0.15, -0.1) is 28.3 Å². The minimum atomic E-state index is 0. The zero-order valence-electron chi connectivity index (χ0n) is 15.0. The first-order valence-corrected chi connectivity index (χ1v) is 9.67. The van der Waals surface area contributed by atoms with E-state index in [4.69, 9.17) is 5.26 Å². The van der Waals surface area contributed by atoms with Gasteiger partial charge in [0.1, 0.15) is 0 Å². The van der Waals surface area contributed by atoms with E-state index in [1.165, 1.54) is 27.1 Å². The van der Waals surface area contributed by atoms with Gasteiger partial charge in [0.25, 0.3) is 0 Å². The molecule has 3 nitrogen and oxygen atoms in total. The maximum absolute atomic E-state index is 8.88. The molecule has 27 heavy (non-hydrogen) atoms. The summed E-state index contributed by atoms with van der Waals surface area (Å²) in [5.41, 5.74) is 5.65. The first-order valence-electron chi connectivity index (χ1n) is 8.79. The van der Waals surface area contributed by atoms with Crippen LogP contribution in [0.5, 0.6) is 0 Å². The van der Waals surface area contributed by atoms with Gasteiger partial charge in [0.2, 0.25) is 0 Å². The number of benzene rings is 1. The Morgan fingerprint density at radius 3 is 2.56 bits per heavy atom. The molecule has 1 aliphatic carbocycles. The molecule has 0 bridgehead atoms. The Morgan fingerprint density at radius 1 is 1.00 bits per heavy atom. The van der Waals surface area contributed by atoms with Gasteiger partial charge in [-0.3, -0.25) is 4.98 Å². The number of thiophene rings is 1. The van der Waals surface area contributed by atoms with Crippen molar-refractivity contribution >= 4 is 28.3 Å². The lowest BCUT2D eigenvalue weighted by Crippen LogP contribution is -2.28. The lowest BCUT2D eigenvalue weighted by Gasteiger charge is -2.32. The molecule has 4 rings (SSSR count). The smallest absolute Gasteiger partial charge is 0.0621 e. The largest absolute Gasteiger partial charge is 0.412 e. The second kappa shape index (κ2) is 9.27. The fraction of sp³-hybridized carbons (Fsp3) is 0.273. The number of hydrogen-bond donors (Lipinski definition) is 0. The monoisotopic (exact) mass is 442 g/mol. The van der Waals surface area contributed by atoms with Crippen molar-refractivity contribution in [2.24, 2.45) is 0 Å². The van der Waals surface area contributed by atoms with Gasteiger partial charge in [-0.1, -0.05) is 30.7 Å². The molecule has 0 aliphatic heterocycles. The zero-order valence-corrected chi connectivity index (χ0v) is 17.5. The summed E-state index contributed by atoms with van der Waals surface area (Å²) in [7, 11) is 0. The molecule has 140 valence electrons. The van der Waals surface area contributed by atoms with Gasteiger partial charge in [0, 0.05) is 29.1 Å². The highest BCUT2D eigenvalue weighted by Gasteiger charge is 2.43. The van der Waals surface area contributed by atoms with E-state index in [0.717, 1.165) is 25.7 Å². The highest BCUT2D eigenvalue weighted by Crippen LogP contribution is 2.55. The van der Waals surface area contributed by atoms with Crippen LogP contribution in [0.3, 0.4) is 0 Å². The SMILES string of the molecule is Br.N#CCCCCC1(Cc2ccncc2)c2ccccc2-c2sccc21.O. The van der Waals surface area contributed by atoms with E-state index in [0.29, 0.717) is 6.42 Å². The molecular weight excluding hydrogens is 420 g/mol. The minimum absolute atomic E-state index is 0. The van der Waals surface area contributed by atoms with Crippen molar-refractivity contribution in [2.75, 3.05) is 0 Å². The van der Waals surface area contributed by atoms with Gasteiger partial charge in [-0.05, 0) is 65.1 Å². The van der Waals surface area contributed by atoms with Gasteiger partial charge >= 0.3 is 0 Å². The van der Waals surface area contributed by atoms with Crippen LogP contribution in [0.25, 0.3) is 10.4 Å². The summed E-state index contributed by atoms with van der Waals surface area (Å²) in [6.45, 7) is 0. The predicted octanol–water partition coefficient (Wildman–Crippen LogP) is 5.49. The molecule has 0 saturated carbocycles. The summed E-state index contributed by atoms with van der Waals surface area (Å²) in [5, 5.41) is 11.1. The molecule has 0 radical (unpaired) electrons. The first kappa shape index (κ1) is 21.3. The lowest BCUT2D eigenvalue weighted by atomic mass is 9.70. The fourth-order valence-corrected chi connectivity index (χ4v) is 5.20. The fourth-order valence-electron chi connectivity index (χ4n) is 4.17. The highest BCUT2D eigenvalue weighted by atomic mass is 79.9. The van der Waals surface area contributed by atoms with Crippen molar-refractivity contribution in [2.45, 2.75) is 37.5 Å². The topological polar surface area (TPSA) is 68.2 Å². The van der Waals surface area contributed by atoms with Gasteiger partial charge in [0.15, 0.2) is 0 Å². The molecule has 2 aromatic heterocycles. The number of rotatable bonds is 6. The standard InChI is InChI=1S/C22H20N2S.BrH.H2O/c23-12-5-1-4-11-22(16-17-8-13-24-14-9-17)19-7-3-2-6-18(19)21-20(22)10-15-25-21;;/h2-3,6-10,13-15H,1,4-5,11,16H2;1H;1H2. The van der Waals surface area contributed by atoms with Gasteiger partial charge in [-0.25, -0.2) is 0 Å². The third kappa shape index (κ3) is 3.84. The molecular formula is C22H23BrN2OS. The van der Waals surface area contributed by atoms with Gasteiger partial charge in [0.05, 0.1) is 6.07 Å². The number of nitriles is 1. The Morgan fingerprint density at radius 2 is 1.78 bits per heavy atom. The number of fused-ring (bicyclic) bond motifs is 3. The lowest BCUT2D eigenvalue weighted by molar-refractivity contribution is 0.455. The van der Waals surface area contributed by atoms with Crippen molar-refractivity contribution in [1.82, 2.24) is 4.98 Å². The normalized spacial score (nSPS) is 16.4. The molecule has 0 spiro atoms. The molecule has 3 aromatic rings. The number of nitrogens with zero attached hydrogens (tertiary/aromatic N) is 2. The van der Waals surface area contributed by atoms with Gasteiger partial charge in [-0.2, -0.15) is 5.26 Å². The average molecular weight is 443 g/mol. The maximum Gasteiger partial charge on any atom is 0.0621 e. The molecule has 1 atom stereocenters. The Balaban J connectivity index is 0.00000131. The molecule has 2 N–H and O–H groups in total. The summed E-state index contributed by atoms with van der Waals surface area (Å²) in [4.78, 5) is 5.60. The minimum Gasteiger partial charge on any atom is -0.412 e. The summed E-state index contributed by atoms with van der Waals surface area (Å²) in [5.74, 6) is 0. The van der Waals surface area contributed by atoms with E-state index in [9.17, 15) is 0 Å². The van der Waals surface area contributed by atoms with Crippen LogP contribution < -0.4 is 0 Å². The number of unbranched alkanes of at least 4 members (excludes halogenated alkanes) is 2. The van der Waals surface area contributed by atoms with Crippen LogP contribution in [0.2, 0.25) is 0 Å². The third-order valence-corrected chi connectivity index (χ3v) is 6.21. The van der Waals surface area contributed by atoms with Crippen molar-refractivity contribution in [3.05, 3.63) is 76.9 Å². The van der Waals surface area contributed by atoms with E-state index in [1.807, 2.05) is 23.7 Å². The van der Waals surface area contributed by atoms with Gasteiger partial charge < -0.3 is 5.48 Å². The predicted molar refractivity (Wildman–Crippen MR) is 116 cm³/mol. The second-order valence-corrected chi connectivity index (χ2v) is 7.60. The molecule has 2 heterocycles. The Kier molecular flexibility index (Phi) is 7.32. The molecule has 1 aliphatic rings. The highest BCUT2D eigenvalue weighted by molar-refractivity contribution is 8.93. The van der Waals surface area contributed by atoms with E-state index >= 15 is 0 Å². The summed E-state index contributed by atoms with van der Waals surface area (Å²) < 4.78 is 0. The quantitative estimate of drug-likeness (QED) is 0.473. The van der Waals surface area contributed by atoms with Crippen molar-refractivity contribution < 1.29 is 5.48 Å². The maximum atomic E-state index is 8.88. The van der Waals surface area contributed by atoms with Crippen LogP contribution in [0.1, 0.15) is 42.4 Å². The molecule has 0 saturated heterocycles. The molecule has 1 aromatic carbocycles. The van der Waals surface area contributed by atoms with Crippen molar-refractivity contribution in [3.8, 4) is 16.5 Å².